The van der Waals surface area contributed by atoms with Crippen molar-refractivity contribution in [3.8, 4) is 0 Å². The van der Waals surface area contributed by atoms with E-state index < -0.39 is 6.17 Å². The lowest BCUT2D eigenvalue weighted by Crippen LogP contribution is -2.51. The van der Waals surface area contributed by atoms with E-state index in [4.69, 9.17) is 0 Å². The second kappa shape index (κ2) is 5.79. The molecule has 0 saturated carbocycles. The Bertz CT molecular complexity index is 383. The molecule has 2 aliphatic rings. The standard InChI is InChI=1S/C18H32FN/c1-12(2)15-7-8-18(17(15)13(3)4)9-10-20(14(5)6)11-16(18)19/h12-14,16H,7-11H2,1-6H3. The minimum atomic E-state index is -0.688. The van der Waals surface area contributed by atoms with Crippen LogP contribution in [0.1, 0.15) is 60.8 Å². The molecule has 1 nitrogen and oxygen atoms in total. The fourth-order valence-corrected chi connectivity index (χ4v) is 4.52. The van der Waals surface area contributed by atoms with Crippen molar-refractivity contribution < 1.29 is 4.39 Å². The van der Waals surface area contributed by atoms with Gasteiger partial charge in [0.25, 0.3) is 0 Å². The lowest BCUT2D eigenvalue weighted by Gasteiger charge is -2.46. The Labute approximate surface area is 124 Å². The van der Waals surface area contributed by atoms with Crippen molar-refractivity contribution >= 4 is 0 Å². The summed E-state index contributed by atoms with van der Waals surface area (Å²) < 4.78 is 15.1. The van der Waals surface area contributed by atoms with Crippen LogP contribution in [-0.4, -0.2) is 30.2 Å². The van der Waals surface area contributed by atoms with Crippen LogP contribution in [0.25, 0.3) is 0 Å². The predicted octanol–water partition coefficient (Wildman–Crippen LogP) is 4.83. The highest BCUT2D eigenvalue weighted by molar-refractivity contribution is 5.33. The SMILES string of the molecule is CC(C)C1=C(C(C)C)C2(CC1)CCN(C(C)C)CC2F. The zero-order valence-electron chi connectivity index (χ0n) is 14.2. The van der Waals surface area contributed by atoms with E-state index in [1.54, 1.807) is 5.57 Å². The maximum Gasteiger partial charge on any atom is 0.122 e. The van der Waals surface area contributed by atoms with E-state index in [1.807, 2.05) is 0 Å². The molecule has 0 aromatic carbocycles. The molecule has 2 atom stereocenters. The summed E-state index contributed by atoms with van der Waals surface area (Å²) in [6.07, 6.45) is 2.48. The molecule has 0 aromatic rings. The first-order valence-corrected chi connectivity index (χ1v) is 8.41. The second-order valence-corrected chi connectivity index (χ2v) is 7.71. The van der Waals surface area contributed by atoms with Gasteiger partial charge in [0.15, 0.2) is 0 Å². The molecular formula is C18H32FN. The molecule has 2 rings (SSSR count). The third-order valence-corrected chi connectivity index (χ3v) is 5.57. The van der Waals surface area contributed by atoms with Gasteiger partial charge in [0.1, 0.15) is 6.17 Å². The van der Waals surface area contributed by atoms with Crippen molar-refractivity contribution in [2.24, 2.45) is 17.3 Å². The Kier molecular flexibility index (Phi) is 4.63. The van der Waals surface area contributed by atoms with Gasteiger partial charge < -0.3 is 0 Å². The van der Waals surface area contributed by atoms with Crippen molar-refractivity contribution in [2.45, 2.75) is 73.0 Å². The summed E-state index contributed by atoms with van der Waals surface area (Å²) in [4.78, 5) is 2.31. The van der Waals surface area contributed by atoms with Crippen LogP contribution in [-0.2, 0) is 0 Å². The lowest BCUT2D eigenvalue weighted by molar-refractivity contribution is 0.0136. The number of allylic oxidation sites excluding steroid dienone is 2. The van der Waals surface area contributed by atoms with Gasteiger partial charge >= 0.3 is 0 Å². The molecule has 0 amide bonds. The fraction of sp³-hybridized carbons (Fsp3) is 0.889. The molecule has 0 aromatic heterocycles. The van der Waals surface area contributed by atoms with Crippen LogP contribution in [0.2, 0.25) is 0 Å². The molecule has 2 heteroatoms. The van der Waals surface area contributed by atoms with Crippen LogP contribution >= 0.6 is 0 Å². The molecule has 1 fully saturated rings. The average Bonchev–Trinajstić information content (AvgIpc) is 2.73. The molecule has 0 N–H and O–H groups in total. The van der Waals surface area contributed by atoms with Crippen molar-refractivity contribution in [1.29, 1.82) is 0 Å². The Morgan fingerprint density at radius 2 is 1.70 bits per heavy atom. The highest BCUT2D eigenvalue weighted by Crippen LogP contribution is 2.55. The van der Waals surface area contributed by atoms with Gasteiger partial charge in [-0.3, -0.25) is 4.90 Å². The van der Waals surface area contributed by atoms with Crippen molar-refractivity contribution in [3.63, 3.8) is 0 Å². The molecule has 1 aliphatic carbocycles. The topological polar surface area (TPSA) is 3.24 Å². The molecule has 0 radical (unpaired) electrons. The molecule has 2 unspecified atom stereocenters. The Morgan fingerprint density at radius 3 is 2.15 bits per heavy atom. The van der Waals surface area contributed by atoms with E-state index in [-0.39, 0.29) is 5.41 Å². The summed E-state index contributed by atoms with van der Waals surface area (Å²) in [5, 5.41) is 0. The Morgan fingerprint density at radius 1 is 1.05 bits per heavy atom. The molecule has 1 saturated heterocycles. The first kappa shape index (κ1) is 16.0. The highest BCUT2D eigenvalue weighted by Gasteiger charge is 2.50. The van der Waals surface area contributed by atoms with Crippen molar-refractivity contribution in [1.82, 2.24) is 4.90 Å². The van der Waals surface area contributed by atoms with Gasteiger partial charge in [-0.15, -0.1) is 0 Å². The number of piperidine rings is 1. The number of likely N-dealkylation sites (tertiary alicyclic amines) is 1. The van der Waals surface area contributed by atoms with E-state index in [0.717, 1.165) is 25.8 Å². The molecule has 1 aliphatic heterocycles. The van der Waals surface area contributed by atoms with E-state index in [0.29, 0.717) is 24.4 Å². The fourth-order valence-electron chi connectivity index (χ4n) is 4.52. The molecule has 1 heterocycles. The quantitative estimate of drug-likeness (QED) is 0.670. The van der Waals surface area contributed by atoms with E-state index in [1.165, 1.54) is 5.57 Å². The zero-order chi connectivity index (χ0) is 15.1. The summed E-state index contributed by atoms with van der Waals surface area (Å²) in [6.45, 7) is 15.1. The monoisotopic (exact) mass is 281 g/mol. The number of hydrogen-bond donors (Lipinski definition) is 0. The average molecular weight is 281 g/mol. The van der Waals surface area contributed by atoms with Crippen molar-refractivity contribution in [2.75, 3.05) is 13.1 Å². The summed E-state index contributed by atoms with van der Waals surface area (Å²) in [5.74, 6) is 1.06. The zero-order valence-corrected chi connectivity index (χ0v) is 14.2. The summed E-state index contributed by atoms with van der Waals surface area (Å²) in [7, 11) is 0. The van der Waals surface area contributed by atoms with Gasteiger partial charge in [0.2, 0.25) is 0 Å². The second-order valence-electron chi connectivity index (χ2n) is 7.71. The maximum atomic E-state index is 15.1. The van der Waals surface area contributed by atoms with Gasteiger partial charge in [-0.2, -0.15) is 0 Å². The summed E-state index contributed by atoms with van der Waals surface area (Å²) >= 11 is 0. The van der Waals surface area contributed by atoms with Crippen LogP contribution in [0.4, 0.5) is 4.39 Å². The molecular weight excluding hydrogens is 249 g/mol. The first-order valence-electron chi connectivity index (χ1n) is 8.41. The van der Waals surface area contributed by atoms with Crippen molar-refractivity contribution in [3.05, 3.63) is 11.1 Å². The molecule has 116 valence electrons. The minimum Gasteiger partial charge on any atom is -0.298 e. The number of alkyl halides is 1. The number of halogens is 1. The normalized spacial score (nSPS) is 32.4. The lowest BCUT2D eigenvalue weighted by atomic mass is 9.68. The van der Waals surface area contributed by atoms with Gasteiger partial charge in [-0.05, 0) is 51.5 Å². The number of nitrogens with zero attached hydrogens (tertiary/aromatic N) is 1. The summed E-state index contributed by atoms with van der Waals surface area (Å²) in [6, 6.07) is 0.461. The minimum absolute atomic E-state index is 0.140. The van der Waals surface area contributed by atoms with Gasteiger partial charge in [0.05, 0.1) is 0 Å². The van der Waals surface area contributed by atoms with Crippen LogP contribution in [0, 0.1) is 17.3 Å². The number of hydrogen-bond acceptors (Lipinski definition) is 1. The first-order chi connectivity index (χ1) is 9.29. The van der Waals surface area contributed by atoms with E-state index in [9.17, 15) is 0 Å². The predicted molar refractivity (Wildman–Crippen MR) is 84.6 cm³/mol. The Hall–Kier alpha value is -0.370. The molecule has 20 heavy (non-hydrogen) atoms. The third kappa shape index (κ3) is 2.56. The van der Waals surface area contributed by atoms with E-state index >= 15 is 4.39 Å². The Balaban J connectivity index is 2.31. The largest absolute Gasteiger partial charge is 0.298 e. The third-order valence-electron chi connectivity index (χ3n) is 5.57. The van der Waals surface area contributed by atoms with E-state index in [2.05, 4.69) is 46.4 Å². The molecule has 1 spiro atoms. The highest BCUT2D eigenvalue weighted by atomic mass is 19.1. The van der Waals surface area contributed by atoms with Gasteiger partial charge in [0, 0.05) is 18.0 Å². The molecule has 0 bridgehead atoms. The van der Waals surface area contributed by atoms with Gasteiger partial charge in [-0.1, -0.05) is 38.8 Å². The van der Waals surface area contributed by atoms with Crippen LogP contribution in [0.3, 0.4) is 0 Å². The summed E-state index contributed by atoms with van der Waals surface area (Å²) in [5.41, 5.74) is 2.89. The number of rotatable bonds is 3. The van der Waals surface area contributed by atoms with Crippen LogP contribution in [0.15, 0.2) is 11.1 Å². The smallest absolute Gasteiger partial charge is 0.122 e. The van der Waals surface area contributed by atoms with Crippen LogP contribution in [0.5, 0.6) is 0 Å². The van der Waals surface area contributed by atoms with Crippen LogP contribution < -0.4 is 0 Å². The van der Waals surface area contributed by atoms with Gasteiger partial charge in [-0.25, -0.2) is 4.39 Å². The maximum absolute atomic E-state index is 15.1.